The molecule has 1 amide bonds. The number of amides is 1. The van der Waals surface area contributed by atoms with Crippen molar-refractivity contribution in [1.29, 1.82) is 0 Å². The van der Waals surface area contributed by atoms with Gasteiger partial charge >= 0.3 is 5.97 Å². The summed E-state index contributed by atoms with van der Waals surface area (Å²) < 4.78 is 7.02. The second-order valence-corrected chi connectivity index (χ2v) is 7.74. The zero-order valence-electron chi connectivity index (χ0n) is 17.1. The summed E-state index contributed by atoms with van der Waals surface area (Å²) in [4.78, 5) is 33.1. The van der Waals surface area contributed by atoms with Gasteiger partial charge in [-0.3, -0.25) is 9.59 Å². The summed E-state index contributed by atoms with van der Waals surface area (Å²) in [5.74, 6) is 0.399. The molecule has 0 aromatic carbocycles. The van der Waals surface area contributed by atoms with Gasteiger partial charge in [0, 0.05) is 23.9 Å². The van der Waals surface area contributed by atoms with Crippen LogP contribution in [0.4, 0.5) is 0 Å². The van der Waals surface area contributed by atoms with E-state index in [0.717, 1.165) is 36.2 Å². The average Bonchev–Trinajstić information content (AvgIpc) is 3.11. The summed E-state index contributed by atoms with van der Waals surface area (Å²) >= 11 is 0. The summed E-state index contributed by atoms with van der Waals surface area (Å²) in [5, 5.41) is 7.19. The topological polar surface area (TPSA) is 98.5 Å². The molecule has 0 spiro atoms. The molecular formula is C20H29N5O3. The smallest absolute Gasteiger partial charge is 0.306 e. The zero-order chi connectivity index (χ0) is 20.3. The molecule has 3 atom stereocenters. The molecule has 0 saturated heterocycles. The highest BCUT2D eigenvalue weighted by Crippen LogP contribution is 2.23. The first-order valence-electron chi connectivity index (χ1n) is 10.0. The Morgan fingerprint density at radius 1 is 1.32 bits per heavy atom. The monoisotopic (exact) mass is 387 g/mol. The van der Waals surface area contributed by atoms with Gasteiger partial charge in [0.1, 0.15) is 6.33 Å². The van der Waals surface area contributed by atoms with Crippen LogP contribution >= 0.6 is 0 Å². The van der Waals surface area contributed by atoms with E-state index in [-0.39, 0.29) is 18.4 Å². The van der Waals surface area contributed by atoms with Gasteiger partial charge in [0.15, 0.2) is 6.10 Å². The van der Waals surface area contributed by atoms with Gasteiger partial charge in [0.2, 0.25) is 0 Å². The number of nitrogens with one attached hydrogen (secondary N) is 1. The Labute approximate surface area is 165 Å². The van der Waals surface area contributed by atoms with Crippen LogP contribution in [-0.4, -0.2) is 43.6 Å². The molecule has 3 unspecified atom stereocenters. The van der Waals surface area contributed by atoms with Crippen molar-refractivity contribution < 1.29 is 14.3 Å². The van der Waals surface area contributed by atoms with Gasteiger partial charge in [-0.1, -0.05) is 19.8 Å². The third kappa shape index (κ3) is 4.48. The second-order valence-electron chi connectivity index (χ2n) is 7.74. The van der Waals surface area contributed by atoms with Gasteiger partial charge in [-0.2, -0.15) is 10.1 Å². The fourth-order valence-corrected chi connectivity index (χ4v) is 3.88. The standard InChI is InChI=1S/C20H29N5O3/c1-12-7-5-6-8-17(12)24-19(27)15(4)28-18(26)10-9-16-13(2)23-20-21-11-22-25(20)14(16)3/h11-12,15,17H,5-10H2,1-4H3,(H,24,27). The lowest BCUT2D eigenvalue weighted by atomic mass is 9.86. The first-order valence-corrected chi connectivity index (χ1v) is 10.0. The third-order valence-corrected chi connectivity index (χ3v) is 5.68. The molecule has 2 heterocycles. The SMILES string of the molecule is Cc1nc2ncnn2c(C)c1CCC(=O)OC(C)C(=O)NC1CCCCC1C. The van der Waals surface area contributed by atoms with Crippen LogP contribution in [0, 0.1) is 19.8 Å². The van der Waals surface area contributed by atoms with Crippen molar-refractivity contribution in [3.63, 3.8) is 0 Å². The van der Waals surface area contributed by atoms with E-state index in [9.17, 15) is 9.59 Å². The quantitative estimate of drug-likeness (QED) is 0.764. The van der Waals surface area contributed by atoms with Gasteiger partial charge in [-0.25, -0.2) is 9.50 Å². The number of fused-ring (bicyclic) bond motifs is 1. The van der Waals surface area contributed by atoms with Gasteiger partial charge in [0.05, 0.1) is 0 Å². The minimum atomic E-state index is -0.792. The maximum Gasteiger partial charge on any atom is 0.306 e. The molecule has 28 heavy (non-hydrogen) atoms. The molecule has 1 saturated carbocycles. The van der Waals surface area contributed by atoms with Gasteiger partial charge in [0.25, 0.3) is 11.7 Å². The predicted octanol–water partition coefficient (Wildman–Crippen LogP) is 2.30. The van der Waals surface area contributed by atoms with E-state index in [0.29, 0.717) is 18.1 Å². The number of rotatable bonds is 6. The first kappa shape index (κ1) is 20.2. The highest BCUT2D eigenvalue weighted by molar-refractivity contribution is 5.83. The molecule has 2 aromatic heterocycles. The minimum Gasteiger partial charge on any atom is -0.453 e. The van der Waals surface area contributed by atoms with Crippen molar-refractivity contribution in [1.82, 2.24) is 24.9 Å². The Morgan fingerprint density at radius 3 is 2.82 bits per heavy atom. The van der Waals surface area contributed by atoms with E-state index in [1.54, 1.807) is 11.4 Å². The molecule has 1 fully saturated rings. The number of esters is 1. The van der Waals surface area contributed by atoms with Crippen molar-refractivity contribution in [3.05, 3.63) is 23.3 Å². The maximum atomic E-state index is 12.4. The Balaban J connectivity index is 1.53. The number of hydrogen-bond acceptors (Lipinski definition) is 6. The van der Waals surface area contributed by atoms with Crippen LogP contribution in [0.25, 0.3) is 5.78 Å². The molecule has 0 radical (unpaired) electrons. The van der Waals surface area contributed by atoms with Crippen molar-refractivity contribution in [2.24, 2.45) is 5.92 Å². The Bertz CT molecular complexity index is 863. The van der Waals surface area contributed by atoms with E-state index in [2.05, 4.69) is 27.3 Å². The van der Waals surface area contributed by atoms with E-state index >= 15 is 0 Å². The fourth-order valence-electron chi connectivity index (χ4n) is 3.88. The van der Waals surface area contributed by atoms with Crippen LogP contribution in [0.5, 0.6) is 0 Å². The average molecular weight is 387 g/mol. The molecule has 0 bridgehead atoms. The minimum absolute atomic E-state index is 0.174. The highest BCUT2D eigenvalue weighted by Gasteiger charge is 2.26. The van der Waals surface area contributed by atoms with Crippen molar-refractivity contribution in [2.75, 3.05) is 0 Å². The summed E-state index contributed by atoms with van der Waals surface area (Å²) in [7, 11) is 0. The molecule has 2 aromatic rings. The maximum absolute atomic E-state index is 12.4. The van der Waals surface area contributed by atoms with Crippen LogP contribution in [0.1, 0.15) is 62.9 Å². The van der Waals surface area contributed by atoms with E-state index < -0.39 is 12.1 Å². The lowest BCUT2D eigenvalue weighted by Crippen LogP contribution is -2.46. The molecule has 1 aliphatic carbocycles. The second kappa shape index (κ2) is 8.67. The van der Waals surface area contributed by atoms with Gasteiger partial charge in [-0.05, 0) is 51.5 Å². The van der Waals surface area contributed by atoms with Crippen molar-refractivity contribution in [3.8, 4) is 0 Å². The number of nitrogens with zero attached hydrogens (tertiary/aromatic N) is 4. The predicted molar refractivity (Wildman–Crippen MR) is 104 cm³/mol. The molecule has 8 heteroatoms. The molecule has 0 aliphatic heterocycles. The van der Waals surface area contributed by atoms with Crippen molar-refractivity contribution in [2.45, 2.75) is 78.4 Å². The van der Waals surface area contributed by atoms with E-state index in [1.807, 2.05) is 13.8 Å². The van der Waals surface area contributed by atoms with Gasteiger partial charge in [-0.15, -0.1) is 0 Å². The molecular weight excluding hydrogens is 358 g/mol. The van der Waals surface area contributed by atoms with Crippen LogP contribution < -0.4 is 5.32 Å². The lowest BCUT2D eigenvalue weighted by molar-refractivity contribution is -0.155. The fraction of sp³-hybridized carbons (Fsp3) is 0.650. The number of aromatic nitrogens is 4. The third-order valence-electron chi connectivity index (χ3n) is 5.68. The summed E-state index contributed by atoms with van der Waals surface area (Å²) in [6, 6.07) is 0.174. The summed E-state index contributed by atoms with van der Waals surface area (Å²) in [6.45, 7) is 7.61. The molecule has 152 valence electrons. The van der Waals surface area contributed by atoms with Crippen LogP contribution in [0.3, 0.4) is 0 Å². The Morgan fingerprint density at radius 2 is 2.07 bits per heavy atom. The Hall–Kier alpha value is -2.51. The van der Waals surface area contributed by atoms with Crippen LogP contribution in [0.15, 0.2) is 6.33 Å². The lowest BCUT2D eigenvalue weighted by Gasteiger charge is -2.30. The largest absolute Gasteiger partial charge is 0.453 e. The van der Waals surface area contributed by atoms with Crippen LogP contribution in [-0.2, 0) is 20.7 Å². The van der Waals surface area contributed by atoms with Crippen LogP contribution in [0.2, 0.25) is 0 Å². The van der Waals surface area contributed by atoms with Crippen molar-refractivity contribution >= 4 is 17.7 Å². The number of aryl methyl sites for hydroxylation is 2. The van der Waals surface area contributed by atoms with Gasteiger partial charge < -0.3 is 10.1 Å². The summed E-state index contributed by atoms with van der Waals surface area (Å²) in [6.07, 6.45) is 5.79. The molecule has 8 nitrogen and oxygen atoms in total. The highest BCUT2D eigenvalue weighted by atomic mass is 16.5. The number of carbonyl (C=O) groups excluding carboxylic acids is 2. The molecule has 3 rings (SSSR count). The number of carbonyl (C=O) groups is 2. The Kier molecular flexibility index (Phi) is 6.26. The number of ether oxygens (including phenoxy) is 1. The number of hydrogen-bond donors (Lipinski definition) is 1. The molecule has 1 N–H and O–H groups in total. The van der Waals surface area contributed by atoms with E-state index in [4.69, 9.17) is 4.74 Å². The zero-order valence-corrected chi connectivity index (χ0v) is 17.1. The van der Waals surface area contributed by atoms with E-state index in [1.165, 1.54) is 12.7 Å². The molecule has 1 aliphatic rings. The normalized spacial score (nSPS) is 20.7. The first-order chi connectivity index (χ1) is 13.4. The summed E-state index contributed by atoms with van der Waals surface area (Å²) in [5.41, 5.74) is 2.68.